The zero-order valence-electron chi connectivity index (χ0n) is 12.6. The first kappa shape index (κ1) is 17.2. The molecule has 0 aromatic heterocycles. The maximum atomic E-state index is 13.0. The van der Waals surface area contributed by atoms with E-state index in [-0.39, 0.29) is 30.7 Å². The van der Waals surface area contributed by atoms with E-state index in [2.05, 4.69) is 5.32 Å². The number of aliphatic carboxylic acids is 1. The van der Waals surface area contributed by atoms with Crippen molar-refractivity contribution in [3.05, 3.63) is 29.8 Å². The van der Waals surface area contributed by atoms with Gasteiger partial charge in [-0.2, -0.15) is 0 Å². The summed E-state index contributed by atoms with van der Waals surface area (Å²) < 4.78 is 31.0. The first-order valence-electron chi connectivity index (χ1n) is 7.55. The molecule has 1 saturated carbocycles. The molecule has 1 aliphatic carbocycles. The van der Waals surface area contributed by atoms with Crippen LogP contribution in [0, 0.1) is 23.5 Å². The highest BCUT2D eigenvalue weighted by atomic mass is 19.2. The summed E-state index contributed by atoms with van der Waals surface area (Å²) in [4.78, 5) is 23.0. The third-order valence-corrected chi connectivity index (χ3v) is 3.96. The first-order chi connectivity index (χ1) is 11.0. The number of carbonyl (C=O) groups excluding carboxylic acids is 1. The normalized spacial score (nSPS) is 20.8. The lowest BCUT2D eigenvalue weighted by molar-refractivity contribution is -0.144. The van der Waals surface area contributed by atoms with Gasteiger partial charge in [0, 0.05) is 12.0 Å². The van der Waals surface area contributed by atoms with Crippen LogP contribution in [0.2, 0.25) is 0 Å². The highest BCUT2D eigenvalue weighted by molar-refractivity contribution is 5.80. The zero-order chi connectivity index (χ0) is 16.8. The second-order valence-electron chi connectivity index (χ2n) is 5.61. The summed E-state index contributed by atoms with van der Waals surface area (Å²) in [5.74, 6) is -3.56. The fourth-order valence-corrected chi connectivity index (χ4v) is 2.71. The van der Waals surface area contributed by atoms with Crippen LogP contribution in [0.5, 0.6) is 5.75 Å². The smallest absolute Gasteiger partial charge is 0.306 e. The van der Waals surface area contributed by atoms with Crippen molar-refractivity contribution in [2.24, 2.45) is 11.8 Å². The summed E-state index contributed by atoms with van der Waals surface area (Å²) in [5, 5.41) is 11.7. The predicted molar refractivity (Wildman–Crippen MR) is 77.9 cm³/mol. The fraction of sp³-hybridized carbons (Fsp3) is 0.500. The lowest BCUT2D eigenvalue weighted by Gasteiger charge is -2.25. The lowest BCUT2D eigenvalue weighted by atomic mass is 9.81. The molecule has 1 aliphatic rings. The summed E-state index contributed by atoms with van der Waals surface area (Å²) in [5.41, 5.74) is 0. The molecule has 0 spiro atoms. The maximum Gasteiger partial charge on any atom is 0.306 e. The molecule has 0 heterocycles. The monoisotopic (exact) mass is 327 g/mol. The summed E-state index contributed by atoms with van der Waals surface area (Å²) >= 11 is 0. The van der Waals surface area contributed by atoms with Gasteiger partial charge in [-0.15, -0.1) is 0 Å². The Hall–Kier alpha value is -2.18. The zero-order valence-corrected chi connectivity index (χ0v) is 12.6. The molecule has 0 aliphatic heterocycles. The molecule has 2 N–H and O–H groups in total. The third-order valence-electron chi connectivity index (χ3n) is 3.96. The summed E-state index contributed by atoms with van der Waals surface area (Å²) in [6.07, 6.45) is 2.36. The number of hydrogen-bond donors (Lipinski definition) is 2. The van der Waals surface area contributed by atoms with Crippen molar-refractivity contribution in [1.82, 2.24) is 5.32 Å². The quantitative estimate of drug-likeness (QED) is 0.787. The molecule has 0 bridgehead atoms. The van der Waals surface area contributed by atoms with Gasteiger partial charge in [-0.25, -0.2) is 8.78 Å². The first-order valence-corrected chi connectivity index (χ1v) is 7.55. The number of ether oxygens (including phenoxy) is 1. The average molecular weight is 327 g/mol. The van der Waals surface area contributed by atoms with E-state index in [1.54, 1.807) is 0 Å². The highest BCUT2D eigenvalue weighted by Crippen LogP contribution is 2.29. The molecule has 2 atom stereocenters. The van der Waals surface area contributed by atoms with Gasteiger partial charge in [0.05, 0.1) is 12.5 Å². The lowest BCUT2D eigenvalue weighted by Crippen LogP contribution is -2.37. The van der Waals surface area contributed by atoms with Gasteiger partial charge in [-0.1, -0.05) is 6.42 Å². The Morgan fingerprint density at radius 1 is 1.22 bits per heavy atom. The number of carboxylic acid groups (broad SMARTS) is 1. The van der Waals surface area contributed by atoms with E-state index in [1.807, 2.05) is 0 Å². The van der Waals surface area contributed by atoms with E-state index in [0.29, 0.717) is 19.3 Å². The summed E-state index contributed by atoms with van der Waals surface area (Å²) in [6.45, 7) is 0.331. The highest BCUT2D eigenvalue weighted by Gasteiger charge is 2.30. The van der Waals surface area contributed by atoms with E-state index >= 15 is 0 Å². The number of rotatable bonds is 6. The van der Waals surface area contributed by atoms with Crippen LogP contribution in [0.4, 0.5) is 8.78 Å². The van der Waals surface area contributed by atoms with Crippen molar-refractivity contribution in [1.29, 1.82) is 0 Å². The molecule has 7 heteroatoms. The van der Waals surface area contributed by atoms with Gasteiger partial charge in [0.15, 0.2) is 11.6 Å². The Morgan fingerprint density at radius 2 is 1.96 bits per heavy atom. The maximum absolute atomic E-state index is 13.0. The molecule has 1 aromatic rings. The van der Waals surface area contributed by atoms with Crippen LogP contribution in [0.15, 0.2) is 18.2 Å². The van der Waals surface area contributed by atoms with Gasteiger partial charge in [-0.3, -0.25) is 9.59 Å². The Morgan fingerprint density at radius 3 is 2.65 bits per heavy atom. The third kappa shape index (κ3) is 4.91. The number of carboxylic acids is 1. The SMILES string of the molecule is O=C(O)[C@H]1CCC[C@@H](C(=O)NCCOc2ccc(F)c(F)c2)C1. The van der Waals surface area contributed by atoms with Gasteiger partial charge in [0.2, 0.25) is 5.91 Å². The minimum absolute atomic E-state index is 0.117. The second-order valence-corrected chi connectivity index (χ2v) is 5.61. The number of hydrogen-bond acceptors (Lipinski definition) is 3. The van der Waals surface area contributed by atoms with Crippen molar-refractivity contribution in [3.63, 3.8) is 0 Å². The van der Waals surface area contributed by atoms with Gasteiger partial charge in [0.25, 0.3) is 0 Å². The van der Waals surface area contributed by atoms with Gasteiger partial charge in [0.1, 0.15) is 12.4 Å². The number of carbonyl (C=O) groups is 2. The van der Waals surface area contributed by atoms with E-state index < -0.39 is 23.5 Å². The predicted octanol–water partition coefficient (Wildman–Crippen LogP) is 2.35. The topological polar surface area (TPSA) is 75.6 Å². The minimum Gasteiger partial charge on any atom is -0.492 e. The van der Waals surface area contributed by atoms with Crippen LogP contribution in [-0.2, 0) is 9.59 Å². The molecule has 0 saturated heterocycles. The standard InChI is InChI=1S/C16H19F2NO4/c17-13-5-4-12(9-14(13)18)23-7-6-19-15(20)10-2-1-3-11(8-10)16(21)22/h4-5,9-11H,1-3,6-8H2,(H,19,20)(H,21,22)/t10-,11+/m1/s1. The molecule has 1 aromatic carbocycles. The fourth-order valence-electron chi connectivity index (χ4n) is 2.71. The van der Waals surface area contributed by atoms with E-state index in [4.69, 9.17) is 9.84 Å². The van der Waals surface area contributed by atoms with Crippen LogP contribution in [0.25, 0.3) is 0 Å². The van der Waals surface area contributed by atoms with E-state index in [0.717, 1.165) is 18.6 Å². The largest absolute Gasteiger partial charge is 0.492 e. The Bertz CT molecular complexity index is 579. The van der Waals surface area contributed by atoms with Crippen molar-refractivity contribution in [2.45, 2.75) is 25.7 Å². The molecule has 1 amide bonds. The average Bonchev–Trinajstić information content (AvgIpc) is 2.54. The van der Waals surface area contributed by atoms with E-state index in [1.165, 1.54) is 6.07 Å². The Labute approximate surface area is 132 Å². The second kappa shape index (κ2) is 7.89. The van der Waals surface area contributed by atoms with Crippen molar-refractivity contribution in [3.8, 4) is 5.75 Å². The molecular formula is C16H19F2NO4. The number of benzene rings is 1. The van der Waals surface area contributed by atoms with Gasteiger partial charge in [-0.05, 0) is 31.4 Å². The minimum atomic E-state index is -0.992. The molecule has 126 valence electrons. The number of halogens is 2. The number of nitrogens with one attached hydrogen (secondary N) is 1. The van der Waals surface area contributed by atoms with Crippen LogP contribution in [-0.4, -0.2) is 30.1 Å². The molecule has 0 radical (unpaired) electrons. The van der Waals surface area contributed by atoms with Crippen LogP contribution < -0.4 is 10.1 Å². The van der Waals surface area contributed by atoms with Gasteiger partial charge < -0.3 is 15.2 Å². The number of amides is 1. The van der Waals surface area contributed by atoms with Crippen molar-refractivity contribution >= 4 is 11.9 Å². The van der Waals surface area contributed by atoms with Gasteiger partial charge >= 0.3 is 5.97 Å². The Balaban J connectivity index is 1.72. The Kier molecular flexibility index (Phi) is 5.90. The molecule has 0 unspecified atom stereocenters. The summed E-state index contributed by atoms with van der Waals surface area (Å²) in [7, 11) is 0. The molecular weight excluding hydrogens is 308 g/mol. The molecule has 1 fully saturated rings. The van der Waals surface area contributed by atoms with Crippen LogP contribution >= 0.6 is 0 Å². The molecule has 5 nitrogen and oxygen atoms in total. The van der Waals surface area contributed by atoms with E-state index in [9.17, 15) is 18.4 Å². The van der Waals surface area contributed by atoms with Crippen LogP contribution in [0.1, 0.15) is 25.7 Å². The van der Waals surface area contributed by atoms with Crippen LogP contribution in [0.3, 0.4) is 0 Å². The van der Waals surface area contributed by atoms with Crippen molar-refractivity contribution < 1.29 is 28.2 Å². The molecule has 23 heavy (non-hydrogen) atoms. The summed E-state index contributed by atoms with van der Waals surface area (Å²) in [6, 6.07) is 3.21. The van der Waals surface area contributed by atoms with Crippen molar-refractivity contribution in [2.75, 3.05) is 13.2 Å². The molecule has 2 rings (SSSR count).